The number of carbonyl (C=O) groups is 1. The Morgan fingerprint density at radius 1 is 1.07 bits per heavy atom. The fourth-order valence-electron chi connectivity index (χ4n) is 4.60. The van der Waals surface area contributed by atoms with Crippen LogP contribution < -0.4 is 4.90 Å². The van der Waals surface area contributed by atoms with Crippen molar-refractivity contribution < 1.29 is 4.79 Å². The summed E-state index contributed by atoms with van der Waals surface area (Å²) in [5.41, 5.74) is 5.85. The van der Waals surface area contributed by atoms with E-state index < -0.39 is 0 Å². The highest BCUT2D eigenvalue weighted by Gasteiger charge is 2.44. The molecule has 1 amide bonds. The molecular weight excluding hydrogens is 332 g/mol. The second-order valence-electron chi connectivity index (χ2n) is 9.29. The number of carbonyl (C=O) groups excluding carboxylic acids is 1. The van der Waals surface area contributed by atoms with E-state index in [4.69, 9.17) is 0 Å². The molecule has 3 nitrogen and oxygen atoms in total. The summed E-state index contributed by atoms with van der Waals surface area (Å²) >= 11 is 0. The maximum Gasteiger partial charge on any atom is 0.258 e. The molecule has 0 saturated carbocycles. The maximum absolute atomic E-state index is 13.5. The number of likely N-dealkylation sites (N-methyl/N-ethyl adjacent to an activating group) is 1. The van der Waals surface area contributed by atoms with Gasteiger partial charge in [-0.15, -0.1) is 0 Å². The summed E-state index contributed by atoms with van der Waals surface area (Å²) in [5, 5.41) is 0. The van der Waals surface area contributed by atoms with Gasteiger partial charge in [-0.2, -0.15) is 0 Å². The summed E-state index contributed by atoms with van der Waals surface area (Å²) in [6, 6.07) is 15.0. The van der Waals surface area contributed by atoms with Crippen molar-refractivity contribution in [3.05, 3.63) is 64.7 Å². The third-order valence-electron chi connectivity index (χ3n) is 6.17. The van der Waals surface area contributed by atoms with Gasteiger partial charge in [0.1, 0.15) is 0 Å². The van der Waals surface area contributed by atoms with Crippen molar-refractivity contribution in [3.8, 4) is 0 Å². The Morgan fingerprint density at radius 2 is 1.78 bits per heavy atom. The average Bonchev–Trinajstić information content (AvgIpc) is 2.93. The first-order chi connectivity index (χ1) is 12.8. The molecular formula is C24H30N2O. The number of fused-ring (bicyclic) bond motifs is 3. The van der Waals surface area contributed by atoms with E-state index >= 15 is 0 Å². The Labute approximate surface area is 163 Å². The summed E-state index contributed by atoms with van der Waals surface area (Å²) in [6.07, 6.45) is 1.03. The predicted octanol–water partition coefficient (Wildman–Crippen LogP) is 4.74. The van der Waals surface area contributed by atoms with Crippen molar-refractivity contribution in [3.63, 3.8) is 0 Å². The predicted molar refractivity (Wildman–Crippen MR) is 112 cm³/mol. The van der Waals surface area contributed by atoms with E-state index in [9.17, 15) is 4.79 Å². The van der Waals surface area contributed by atoms with Gasteiger partial charge in [0, 0.05) is 29.8 Å². The number of aryl methyl sites for hydroxylation is 1. The summed E-state index contributed by atoms with van der Waals surface area (Å²) in [5.74, 6) is 0.550. The second-order valence-corrected chi connectivity index (χ2v) is 9.29. The van der Waals surface area contributed by atoms with Crippen molar-refractivity contribution in [1.82, 2.24) is 4.90 Å². The van der Waals surface area contributed by atoms with Crippen LogP contribution in [0.1, 0.15) is 60.2 Å². The van der Waals surface area contributed by atoms with Gasteiger partial charge >= 0.3 is 0 Å². The molecule has 0 spiro atoms. The van der Waals surface area contributed by atoms with Gasteiger partial charge in [0.15, 0.2) is 0 Å². The van der Waals surface area contributed by atoms with E-state index in [0.29, 0.717) is 5.92 Å². The van der Waals surface area contributed by atoms with Crippen LogP contribution in [-0.4, -0.2) is 37.0 Å². The van der Waals surface area contributed by atoms with E-state index in [2.05, 4.69) is 74.9 Å². The molecule has 2 aromatic rings. The number of anilines is 1. The van der Waals surface area contributed by atoms with Crippen LogP contribution in [0.15, 0.2) is 42.5 Å². The Morgan fingerprint density at radius 3 is 2.44 bits per heavy atom. The fraction of sp³-hybridized carbons (Fsp3) is 0.458. The standard InChI is InChI=1S/C24H30N2O/c1-16-6-11-21-19(14-16)20-15-25(5)13-12-22(20)26(21)23(27)17-7-9-18(10-8-17)24(2,3)4/h6-11,14,20,22H,12-13,15H2,1-5H3/t20-,22-/m1/s1. The number of likely N-dealkylation sites (tertiary alicyclic amines) is 1. The van der Waals surface area contributed by atoms with Gasteiger partial charge in [0.25, 0.3) is 5.91 Å². The number of hydrogen-bond acceptors (Lipinski definition) is 2. The molecule has 2 atom stereocenters. The minimum Gasteiger partial charge on any atom is -0.306 e. The van der Waals surface area contributed by atoms with Gasteiger partial charge in [-0.3, -0.25) is 4.79 Å². The molecule has 0 unspecified atom stereocenters. The lowest BCUT2D eigenvalue weighted by Gasteiger charge is -2.36. The third-order valence-corrected chi connectivity index (χ3v) is 6.17. The number of piperidine rings is 1. The molecule has 0 aromatic heterocycles. The van der Waals surface area contributed by atoms with Gasteiger partial charge in [-0.25, -0.2) is 0 Å². The van der Waals surface area contributed by atoms with E-state index in [1.165, 1.54) is 16.7 Å². The van der Waals surface area contributed by atoms with Gasteiger partial charge in [0.2, 0.25) is 0 Å². The largest absolute Gasteiger partial charge is 0.306 e. The van der Waals surface area contributed by atoms with E-state index in [-0.39, 0.29) is 17.4 Å². The van der Waals surface area contributed by atoms with Crippen LogP contribution in [0.25, 0.3) is 0 Å². The van der Waals surface area contributed by atoms with E-state index in [0.717, 1.165) is 30.8 Å². The van der Waals surface area contributed by atoms with Crippen LogP contribution in [0.2, 0.25) is 0 Å². The Bertz CT molecular complexity index is 863. The molecule has 142 valence electrons. The van der Waals surface area contributed by atoms with Crippen LogP contribution >= 0.6 is 0 Å². The Hall–Kier alpha value is -2.13. The summed E-state index contributed by atoms with van der Waals surface area (Å²) in [6.45, 7) is 10.8. The summed E-state index contributed by atoms with van der Waals surface area (Å²) < 4.78 is 0. The Kier molecular flexibility index (Phi) is 4.38. The molecule has 3 heteroatoms. The molecule has 0 bridgehead atoms. The highest BCUT2D eigenvalue weighted by atomic mass is 16.2. The van der Waals surface area contributed by atoms with Gasteiger partial charge in [-0.1, -0.05) is 50.6 Å². The van der Waals surface area contributed by atoms with Crippen molar-refractivity contribution in [2.75, 3.05) is 25.0 Å². The fourth-order valence-corrected chi connectivity index (χ4v) is 4.60. The Balaban J connectivity index is 1.71. The first kappa shape index (κ1) is 18.2. The molecule has 2 heterocycles. The molecule has 2 aliphatic heterocycles. The molecule has 1 saturated heterocycles. The first-order valence-corrected chi connectivity index (χ1v) is 9.99. The number of amides is 1. The topological polar surface area (TPSA) is 23.6 Å². The normalized spacial score (nSPS) is 22.5. The molecule has 0 N–H and O–H groups in total. The van der Waals surface area contributed by atoms with Crippen molar-refractivity contribution in [2.45, 2.75) is 51.5 Å². The van der Waals surface area contributed by atoms with Gasteiger partial charge in [0.05, 0.1) is 0 Å². The highest BCUT2D eigenvalue weighted by Crippen LogP contribution is 2.45. The monoisotopic (exact) mass is 362 g/mol. The molecule has 27 heavy (non-hydrogen) atoms. The van der Waals surface area contributed by atoms with Crippen LogP contribution in [0.3, 0.4) is 0 Å². The van der Waals surface area contributed by atoms with Crippen molar-refractivity contribution in [2.24, 2.45) is 0 Å². The minimum atomic E-state index is 0.0956. The molecule has 2 aliphatic rings. The number of benzene rings is 2. The molecule has 0 aliphatic carbocycles. The van der Waals surface area contributed by atoms with Crippen LogP contribution in [0.5, 0.6) is 0 Å². The molecule has 4 rings (SSSR count). The lowest BCUT2D eigenvalue weighted by atomic mass is 9.86. The highest BCUT2D eigenvalue weighted by molar-refractivity contribution is 6.08. The SMILES string of the molecule is Cc1ccc2c(c1)[C@H]1CN(C)CC[C@H]1N2C(=O)c1ccc(C(C)(C)C)cc1. The summed E-state index contributed by atoms with van der Waals surface area (Å²) in [4.78, 5) is 18.0. The molecule has 2 aromatic carbocycles. The zero-order chi connectivity index (χ0) is 19.3. The lowest BCUT2D eigenvalue weighted by Crippen LogP contribution is -2.47. The van der Waals surface area contributed by atoms with Gasteiger partial charge < -0.3 is 9.80 Å². The lowest BCUT2D eigenvalue weighted by molar-refractivity contribution is 0.0964. The van der Waals surface area contributed by atoms with Crippen LogP contribution in [-0.2, 0) is 5.41 Å². The summed E-state index contributed by atoms with van der Waals surface area (Å²) in [7, 11) is 2.18. The molecule has 0 radical (unpaired) electrons. The minimum absolute atomic E-state index is 0.0956. The number of nitrogens with zero attached hydrogens (tertiary/aromatic N) is 2. The zero-order valence-corrected chi connectivity index (χ0v) is 17.1. The quantitative estimate of drug-likeness (QED) is 0.731. The van der Waals surface area contributed by atoms with Crippen molar-refractivity contribution in [1.29, 1.82) is 0 Å². The third kappa shape index (κ3) is 3.19. The first-order valence-electron chi connectivity index (χ1n) is 9.99. The number of hydrogen-bond donors (Lipinski definition) is 0. The number of rotatable bonds is 1. The zero-order valence-electron chi connectivity index (χ0n) is 17.1. The second kappa shape index (κ2) is 6.49. The smallest absolute Gasteiger partial charge is 0.258 e. The van der Waals surface area contributed by atoms with Crippen LogP contribution in [0, 0.1) is 6.92 Å². The maximum atomic E-state index is 13.5. The van der Waals surface area contributed by atoms with E-state index in [1.807, 2.05) is 12.1 Å². The average molecular weight is 363 g/mol. The van der Waals surface area contributed by atoms with E-state index in [1.54, 1.807) is 0 Å². The molecule has 1 fully saturated rings. The van der Waals surface area contributed by atoms with Crippen LogP contribution in [0.4, 0.5) is 5.69 Å². The van der Waals surface area contributed by atoms with Crippen molar-refractivity contribution >= 4 is 11.6 Å². The van der Waals surface area contributed by atoms with Gasteiger partial charge in [-0.05, 0) is 61.7 Å².